The van der Waals surface area contributed by atoms with Gasteiger partial charge in [-0.05, 0) is 0 Å². The molecule has 0 amide bonds. The van der Waals surface area contributed by atoms with E-state index in [1.54, 1.807) is 0 Å². The number of hydrogen-bond donors (Lipinski definition) is 0. The summed E-state index contributed by atoms with van der Waals surface area (Å²) in [6.07, 6.45) is 0. The van der Waals surface area contributed by atoms with E-state index in [0.717, 1.165) is 38.7 Å². The van der Waals surface area contributed by atoms with Crippen molar-refractivity contribution in [3.05, 3.63) is 158 Å². The van der Waals surface area contributed by atoms with Crippen LogP contribution in [-0.2, 0) is 0 Å². The third kappa shape index (κ3) is 5.12. The van der Waals surface area contributed by atoms with Crippen LogP contribution in [0.3, 0.4) is 0 Å². The number of aromatic nitrogens is 4. The Kier molecular flexibility index (Phi) is 6.78. The van der Waals surface area contributed by atoms with Gasteiger partial charge in [0.15, 0.2) is 0 Å². The molecule has 0 aliphatic rings. The first kappa shape index (κ1) is 27.6. The molecule has 0 spiro atoms. The van der Waals surface area contributed by atoms with Crippen LogP contribution in [0.4, 0.5) is 0 Å². The predicted molar refractivity (Wildman–Crippen MR) is 194 cm³/mol. The van der Waals surface area contributed by atoms with Crippen LogP contribution in [0.25, 0.3) is 86.7 Å². The van der Waals surface area contributed by atoms with Crippen molar-refractivity contribution in [2.24, 2.45) is 0 Å². The third-order valence-corrected chi connectivity index (χ3v) is 11.0. The SMILES string of the molecule is c1ccc(-c2nc(-c3ccccc3)nc(-c3cc4ccccc4cc3-c3ccc4ccc5nc(-c6ccccc6)[se]c5c4c3)n2)cc1. The van der Waals surface area contributed by atoms with E-state index in [2.05, 4.69) is 97.1 Å². The molecule has 9 rings (SSSR count). The fraction of sp³-hybridized carbons (Fsp3) is 0. The van der Waals surface area contributed by atoms with Gasteiger partial charge in [0.2, 0.25) is 0 Å². The van der Waals surface area contributed by atoms with E-state index in [1.807, 2.05) is 60.7 Å². The van der Waals surface area contributed by atoms with Crippen molar-refractivity contribution in [2.45, 2.75) is 0 Å². The van der Waals surface area contributed by atoms with Crippen LogP contribution in [0.5, 0.6) is 0 Å². The van der Waals surface area contributed by atoms with Gasteiger partial charge in [0.1, 0.15) is 0 Å². The van der Waals surface area contributed by atoms with E-state index in [1.165, 1.54) is 30.6 Å². The zero-order valence-electron chi connectivity index (χ0n) is 25.2. The first-order valence-electron chi connectivity index (χ1n) is 15.6. The summed E-state index contributed by atoms with van der Waals surface area (Å²) in [4.78, 5) is 20.3. The molecule has 0 saturated heterocycles. The van der Waals surface area contributed by atoms with Gasteiger partial charge in [0.05, 0.1) is 0 Å². The number of benzene rings is 7. The Hall–Kier alpha value is -5.74. The summed E-state index contributed by atoms with van der Waals surface area (Å²) in [7, 11) is 0. The molecule has 0 N–H and O–H groups in total. The van der Waals surface area contributed by atoms with E-state index in [9.17, 15) is 0 Å². The second-order valence-electron chi connectivity index (χ2n) is 11.5. The van der Waals surface area contributed by atoms with Gasteiger partial charge < -0.3 is 0 Å². The fourth-order valence-corrected chi connectivity index (χ4v) is 8.47. The average Bonchev–Trinajstić information content (AvgIpc) is 3.60. The van der Waals surface area contributed by atoms with E-state index >= 15 is 0 Å². The molecule has 2 heterocycles. The zero-order valence-corrected chi connectivity index (χ0v) is 26.9. The molecule has 0 saturated carbocycles. The van der Waals surface area contributed by atoms with Crippen LogP contribution in [-0.4, -0.2) is 34.4 Å². The molecular formula is C42H26N4Se. The summed E-state index contributed by atoms with van der Waals surface area (Å²) in [6, 6.07) is 55.0. The Labute approximate surface area is 277 Å². The van der Waals surface area contributed by atoms with E-state index in [0.29, 0.717) is 17.5 Å². The van der Waals surface area contributed by atoms with Crippen LogP contribution in [0, 0.1) is 0 Å². The second kappa shape index (κ2) is 11.6. The van der Waals surface area contributed by atoms with Crippen molar-refractivity contribution in [1.82, 2.24) is 19.9 Å². The number of nitrogens with zero attached hydrogens (tertiary/aromatic N) is 4. The second-order valence-corrected chi connectivity index (χ2v) is 13.6. The van der Waals surface area contributed by atoms with Gasteiger partial charge in [-0.2, -0.15) is 0 Å². The molecule has 9 aromatic rings. The standard InChI is InChI=1S/C42H26N4Se/c1-4-12-28(13-5-1)39-44-40(29-14-6-2-7-15-29)46-41(45-39)36-25-32-19-11-10-18-31(32)24-34(36)33-21-20-27-22-23-37-38(35(27)26-33)47-42(43-37)30-16-8-3-9-17-30/h1-26H. The fourth-order valence-electron chi connectivity index (χ4n) is 6.17. The molecule has 0 radical (unpaired) electrons. The molecule has 47 heavy (non-hydrogen) atoms. The molecule has 2 aromatic heterocycles. The van der Waals surface area contributed by atoms with Gasteiger partial charge in [-0.25, -0.2) is 0 Å². The maximum absolute atomic E-state index is 5.12. The molecule has 0 unspecified atom stereocenters. The molecule has 0 bridgehead atoms. The Balaban J connectivity index is 1.28. The quantitative estimate of drug-likeness (QED) is 0.172. The van der Waals surface area contributed by atoms with Gasteiger partial charge in [0.25, 0.3) is 0 Å². The van der Waals surface area contributed by atoms with Gasteiger partial charge in [-0.15, -0.1) is 0 Å². The topological polar surface area (TPSA) is 51.6 Å². The maximum atomic E-state index is 5.12. The Morgan fingerprint density at radius 3 is 1.53 bits per heavy atom. The molecule has 5 heteroatoms. The summed E-state index contributed by atoms with van der Waals surface area (Å²) < 4.78 is 2.50. The van der Waals surface area contributed by atoms with Crippen molar-refractivity contribution in [2.75, 3.05) is 0 Å². The van der Waals surface area contributed by atoms with Crippen LogP contribution < -0.4 is 0 Å². The minimum absolute atomic E-state index is 0.102. The normalized spacial score (nSPS) is 11.4. The third-order valence-electron chi connectivity index (χ3n) is 8.53. The minimum atomic E-state index is 0.102. The monoisotopic (exact) mass is 666 g/mol. The van der Waals surface area contributed by atoms with Crippen LogP contribution >= 0.6 is 0 Å². The van der Waals surface area contributed by atoms with Crippen molar-refractivity contribution >= 4 is 45.8 Å². The zero-order chi connectivity index (χ0) is 31.2. The summed E-state index contributed by atoms with van der Waals surface area (Å²) in [5.41, 5.74) is 7.36. The van der Waals surface area contributed by atoms with Crippen LogP contribution in [0.1, 0.15) is 0 Å². The van der Waals surface area contributed by atoms with Crippen molar-refractivity contribution in [3.63, 3.8) is 0 Å². The molecule has 7 aromatic carbocycles. The van der Waals surface area contributed by atoms with Crippen molar-refractivity contribution < 1.29 is 0 Å². The Morgan fingerprint density at radius 2 is 0.894 bits per heavy atom. The van der Waals surface area contributed by atoms with Crippen molar-refractivity contribution in [1.29, 1.82) is 0 Å². The first-order chi connectivity index (χ1) is 23.3. The molecule has 0 aliphatic heterocycles. The van der Waals surface area contributed by atoms with Crippen LogP contribution in [0.15, 0.2) is 158 Å². The molecule has 4 nitrogen and oxygen atoms in total. The number of hydrogen-bond acceptors (Lipinski definition) is 4. The Morgan fingerprint density at radius 1 is 0.362 bits per heavy atom. The summed E-state index contributed by atoms with van der Waals surface area (Å²) in [5, 5.41) is 4.78. The summed E-state index contributed by atoms with van der Waals surface area (Å²) in [5.74, 6) is 1.95. The molecular weight excluding hydrogens is 639 g/mol. The molecule has 220 valence electrons. The molecule has 0 fully saturated rings. The number of fused-ring (bicyclic) bond motifs is 4. The summed E-state index contributed by atoms with van der Waals surface area (Å²) >= 11 is 0.102. The first-order valence-corrected chi connectivity index (χ1v) is 17.3. The van der Waals surface area contributed by atoms with Crippen molar-refractivity contribution in [3.8, 4) is 55.4 Å². The van der Waals surface area contributed by atoms with E-state index in [-0.39, 0.29) is 14.5 Å². The number of rotatable bonds is 5. The van der Waals surface area contributed by atoms with E-state index < -0.39 is 0 Å². The predicted octanol–water partition coefficient (Wildman–Crippen LogP) is 10.1. The van der Waals surface area contributed by atoms with Gasteiger partial charge in [-0.1, -0.05) is 12.1 Å². The molecule has 0 aliphatic carbocycles. The molecule has 0 atom stereocenters. The van der Waals surface area contributed by atoms with Gasteiger partial charge in [0, 0.05) is 0 Å². The summed E-state index contributed by atoms with van der Waals surface area (Å²) in [6.45, 7) is 0. The average molecular weight is 666 g/mol. The van der Waals surface area contributed by atoms with Crippen LogP contribution in [0.2, 0.25) is 0 Å². The van der Waals surface area contributed by atoms with Gasteiger partial charge >= 0.3 is 267 Å². The Bertz CT molecular complexity index is 2500. The van der Waals surface area contributed by atoms with E-state index in [4.69, 9.17) is 19.9 Å². The van der Waals surface area contributed by atoms with Gasteiger partial charge in [-0.3, -0.25) is 0 Å².